The smallest absolute Gasteiger partial charge is 0.316 e. The molecule has 2 heterocycles. The predicted molar refractivity (Wildman–Crippen MR) is 116 cm³/mol. The molecule has 0 spiro atoms. The molecule has 1 aromatic carbocycles. The topological polar surface area (TPSA) is 120 Å². The molecule has 4 aliphatic rings. The highest BCUT2D eigenvalue weighted by Crippen LogP contribution is 2.69. The van der Waals surface area contributed by atoms with Crippen LogP contribution in [0.2, 0.25) is 5.02 Å². The number of ketones is 1. The lowest BCUT2D eigenvalue weighted by atomic mass is 9.38. The number of amides is 1. The Hall–Kier alpha value is -2.91. The first-order valence-corrected chi connectivity index (χ1v) is 11.1. The number of nitrogens with one attached hydrogen (secondary N) is 1. The van der Waals surface area contributed by atoms with Crippen LogP contribution in [0.3, 0.4) is 0 Å². The first-order valence-electron chi connectivity index (χ1n) is 10.8. The van der Waals surface area contributed by atoms with Crippen molar-refractivity contribution in [2.24, 2.45) is 5.41 Å². The Balaban J connectivity index is 1.08. The van der Waals surface area contributed by atoms with Gasteiger partial charge >= 0.3 is 6.01 Å². The first-order chi connectivity index (χ1) is 15.8. The number of carbonyl (C=O) groups excluding carboxylic acids is 2. The van der Waals surface area contributed by atoms with Crippen LogP contribution in [0.5, 0.6) is 17.5 Å². The molecule has 3 fully saturated rings. The largest absolute Gasteiger partial charge is 0.482 e. The van der Waals surface area contributed by atoms with E-state index in [1.165, 1.54) is 19.5 Å². The zero-order valence-corrected chi connectivity index (χ0v) is 18.8. The molecule has 3 saturated carbocycles. The zero-order valence-electron chi connectivity index (χ0n) is 18.0. The molecule has 6 rings (SSSR count). The van der Waals surface area contributed by atoms with E-state index in [1.54, 1.807) is 18.2 Å². The second kappa shape index (κ2) is 8.14. The van der Waals surface area contributed by atoms with Crippen molar-refractivity contribution in [3.05, 3.63) is 41.2 Å². The van der Waals surface area contributed by atoms with Crippen LogP contribution in [-0.4, -0.2) is 52.1 Å². The van der Waals surface area contributed by atoms with E-state index >= 15 is 0 Å². The lowest BCUT2D eigenvalue weighted by molar-refractivity contribution is -0.175. The molecule has 3 aliphatic carbocycles. The van der Waals surface area contributed by atoms with Gasteiger partial charge in [0.25, 0.3) is 5.91 Å². The molecule has 2 bridgehead atoms. The van der Waals surface area contributed by atoms with Gasteiger partial charge < -0.3 is 24.6 Å². The third kappa shape index (κ3) is 4.22. The number of benzene rings is 1. The van der Waals surface area contributed by atoms with Crippen molar-refractivity contribution in [3.8, 4) is 17.5 Å². The molecule has 1 aliphatic heterocycles. The molecular formula is C23H24ClN3O6. The van der Waals surface area contributed by atoms with Gasteiger partial charge in [-0.25, -0.2) is 0 Å². The van der Waals surface area contributed by atoms with Crippen LogP contribution in [0.15, 0.2) is 30.6 Å². The maximum Gasteiger partial charge on any atom is 0.316 e. The Kier molecular flexibility index (Phi) is 5.41. The summed E-state index contributed by atoms with van der Waals surface area (Å²) in [4.78, 5) is 33.0. The molecule has 1 amide bonds. The normalized spacial score (nSPS) is 28.9. The van der Waals surface area contributed by atoms with Crippen molar-refractivity contribution in [3.63, 3.8) is 0 Å². The fourth-order valence-corrected chi connectivity index (χ4v) is 5.56. The van der Waals surface area contributed by atoms with Gasteiger partial charge in [0.2, 0.25) is 0 Å². The summed E-state index contributed by atoms with van der Waals surface area (Å²) < 4.78 is 16.2. The van der Waals surface area contributed by atoms with Crippen LogP contribution in [0, 0.1) is 5.41 Å². The van der Waals surface area contributed by atoms with Crippen LogP contribution < -0.4 is 19.5 Å². The van der Waals surface area contributed by atoms with Crippen molar-refractivity contribution < 1.29 is 28.9 Å². The summed E-state index contributed by atoms with van der Waals surface area (Å²) in [6.07, 6.45) is 4.29. The first kappa shape index (κ1) is 21.9. The molecule has 174 valence electrons. The van der Waals surface area contributed by atoms with Gasteiger partial charge in [-0.05, 0) is 42.9 Å². The Morgan fingerprint density at radius 1 is 1.27 bits per heavy atom. The summed E-state index contributed by atoms with van der Waals surface area (Å²) in [5.74, 6) is 0.640. The molecule has 33 heavy (non-hydrogen) atoms. The number of aliphatic hydroxyl groups excluding tert-OH is 1. The molecule has 1 aromatic heterocycles. The zero-order chi connectivity index (χ0) is 23.2. The minimum atomic E-state index is -0.781. The third-order valence-corrected chi connectivity index (χ3v) is 6.88. The van der Waals surface area contributed by atoms with Gasteiger partial charge in [-0.2, -0.15) is 9.97 Å². The van der Waals surface area contributed by atoms with Gasteiger partial charge in [0.1, 0.15) is 5.75 Å². The summed E-state index contributed by atoms with van der Waals surface area (Å²) in [5.41, 5.74) is 0.263. The van der Waals surface area contributed by atoms with E-state index in [1.807, 2.05) is 0 Å². The number of halogens is 1. The fraction of sp³-hybridized carbons (Fsp3) is 0.478. The van der Waals surface area contributed by atoms with Crippen molar-refractivity contribution in [1.29, 1.82) is 0 Å². The van der Waals surface area contributed by atoms with Crippen LogP contribution in [-0.2, 0) is 9.59 Å². The Bertz CT molecular complexity index is 1070. The summed E-state index contributed by atoms with van der Waals surface area (Å²) in [7, 11) is 1.47. The minimum Gasteiger partial charge on any atom is -0.482 e. The number of fused-ring (bicyclic) bond motifs is 1. The van der Waals surface area contributed by atoms with E-state index in [4.69, 9.17) is 25.8 Å². The van der Waals surface area contributed by atoms with Crippen molar-refractivity contribution in [2.75, 3.05) is 13.7 Å². The average Bonchev–Trinajstić information content (AvgIpc) is 2.76. The Morgan fingerprint density at radius 3 is 2.70 bits per heavy atom. The van der Waals surface area contributed by atoms with Gasteiger partial charge in [-0.3, -0.25) is 9.59 Å². The molecule has 10 heteroatoms. The number of hydrogen-bond acceptors (Lipinski definition) is 8. The number of Topliss-reactive ketones (excluding diaryl/α,β-unsaturated/α-hetero) is 1. The highest BCUT2D eigenvalue weighted by Gasteiger charge is 2.68. The molecular weight excluding hydrogens is 450 g/mol. The third-order valence-electron chi connectivity index (χ3n) is 6.65. The van der Waals surface area contributed by atoms with E-state index in [9.17, 15) is 14.7 Å². The summed E-state index contributed by atoms with van der Waals surface area (Å²) in [6, 6.07) is 5.26. The molecule has 0 unspecified atom stereocenters. The number of aliphatic hydroxyl groups is 1. The Labute approximate surface area is 195 Å². The Morgan fingerprint density at radius 2 is 2.00 bits per heavy atom. The highest BCUT2D eigenvalue weighted by molar-refractivity contribution is 6.30. The molecule has 9 nitrogen and oxygen atoms in total. The second-order valence-electron chi connectivity index (χ2n) is 9.24. The van der Waals surface area contributed by atoms with Gasteiger partial charge in [-0.1, -0.05) is 11.6 Å². The number of methoxy groups -OCH3 is 1. The standard InChI is InChI=1S/C23H24ClN3O6/c1-31-21-25-7-14(8-26-21)32-9-20(30)27-23-10-22(11-23,12-23)6-17(29)19-5-16(28)15-4-13(24)2-3-18(15)33-19/h2-4,7-8,16,19,28H,5-6,9-12H2,1H3,(H,27,30)/t16-,19-,22?,23?/m1/s1. The summed E-state index contributed by atoms with van der Waals surface area (Å²) in [6.45, 7) is -0.138. The molecule has 2 N–H and O–H groups in total. The van der Waals surface area contributed by atoms with Crippen LogP contribution in [0.1, 0.15) is 43.8 Å². The van der Waals surface area contributed by atoms with Gasteiger partial charge in [0.15, 0.2) is 24.2 Å². The van der Waals surface area contributed by atoms with E-state index in [-0.39, 0.29) is 41.7 Å². The number of ether oxygens (including phenoxy) is 3. The maximum atomic E-state index is 12.9. The van der Waals surface area contributed by atoms with Crippen molar-refractivity contribution in [2.45, 2.75) is 49.9 Å². The number of hydrogen-bond donors (Lipinski definition) is 2. The van der Waals surface area contributed by atoms with Crippen molar-refractivity contribution >= 4 is 23.3 Å². The predicted octanol–water partition coefficient (Wildman–Crippen LogP) is 2.40. The number of nitrogens with zero attached hydrogens (tertiary/aromatic N) is 2. The summed E-state index contributed by atoms with van der Waals surface area (Å²) >= 11 is 5.99. The SMILES string of the molecule is COc1ncc(OCC(=O)NC23CC(CC(=O)[C@H]4C[C@@H](O)c5cc(Cl)ccc5O4)(C2)C3)cn1. The van der Waals surface area contributed by atoms with Crippen LogP contribution in [0.4, 0.5) is 0 Å². The second-order valence-corrected chi connectivity index (χ2v) is 9.67. The van der Waals surface area contributed by atoms with Gasteiger partial charge in [0, 0.05) is 29.0 Å². The molecule has 2 atom stereocenters. The van der Waals surface area contributed by atoms with E-state index in [2.05, 4.69) is 15.3 Å². The lowest BCUT2D eigenvalue weighted by Gasteiger charge is -2.70. The van der Waals surface area contributed by atoms with Gasteiger partial charge in [-0.15, -0.1) is 0 Å². The minimum absolute atomic E-state index is 0.0166. The van der Waals surface area contributed by atoms with Crippen LogP contribution in [0.25, 0.3) is 0 Å². The number of carbonyl (C=O) groups is 2. The molecule has 0 radical (unpaired) electrons. The monoisotopic (exact) mass is 473 g/mol. The van der Waals surface area contributed by atoms with E-state index in [0.717, 1.165) is 19.3 Å². The van der Waals surface area contributed by atoms with E-state index < -0.39 is 12.2 Å². The molecule has 2 aromatic rings. The number of aromatic nitrogens is 2. The average molecular weight is 474 g/mol. The van der Waals surface area contributed by atoms with Crippen molar-refractivity contribution in [1.82, 2.24) is 15.3 Å². The maximum absolute atomic E-state index is 12.9. The number of rotatable bonds is 8. The lowest BCUT2D eigenvalue weighted by Crippen LogP contribution is -2.75. The van der Waals surface area contributed by atoms with Crippen LogP contribution >= 0.6 is 11.6 Å². The van der Waals surface area contributed by atoms with Gasteiger partial charge in [0.05, 0.1) is 25.6 Å². The summed E-state index contributed by atoms with van der Waals surface area (Å²) in [5, 5.41) is 14.0. The fourth-order valence-electron chi connectivity index (χ4n) is 5.38. The quantitative estimate of drug-likeness (QED) is 0.599. The van der Waals surface area contributed by atoms with E-state index in [0.29, 0.717) is 28.5 Å². The highest BCUT2D eigenvalue weighted by atomic mass is 35.5. The molecule has 0 saturated heterocycles.